The maximum Gasteiger partial charge on any atom is 0.184 e. The number of nitrogens with one attached hydrogen (secondary N) is 1. The summed E-state index contributed by atoms with van der Waals surface area (Å²) in [5, 5.41) is 4.28. The predicted molar refractivity (Wildman–Crippen MR) is 65.2 cm³/mol. The largest absolute Gasteiger partial charge is 0.375 e. The van der Waals surface area contributed by atoms with E-state index in [1.165, 1.54) is 0 Å². The lowest BCUT2D eigenvalue weighted by Gasteiger charge is -2.09. The third kappa shape index (κ3) is 6.83. The van der Waals surface area contributed by atoms with Crippen molar-refractivity contribution in [2.45, 2.75) is 20.8 Å². The van der Waals surface area contributed by atoms with Crippen LogP contribution >= 0.6 is 24.0 Å². The lowest BCUT2D eigenvalue weighted by Crippen LogP contribution is -2.26. The molecule has 3 nitrogen and oxygen atoms in total. The number of hydrazone groups is 1. The van der Waals surface area contributed by atoms with E-state index in [9.17, 15) is 0 Å². The molecule has 3 N–H and O–H groups in total. The minimum atomic E-state index is 0.217. The van der Waals surface area contributed by atoms with Gasteiger partial charge in [-0.2, -0.15) is 16.9 Å². The summed E-state index contributed by atoms with van der Waals surface area (Å²) in [6.45, 7) is 6.27. The number of nitrogens with two attached hydrogens (primary N) is 1. The Morgan fingerprint density at radius 1 is 1.69 bits per heavy atom. The van der Waals surface area contributed by atoms with Crippen LogP contribution in [-0.4, -0.2) is 22.3 Å². The molecule has 0 aliphatic heterocycles. The lowest BCUT2D eigenvalue weighted by atomic mass is 10.1. The molecule has 76 valence electrons. The first-order chi connectivity index (χ1) is 6.07. The van der Waals surface area contributed by atoms with E-state index >= 15 is 0 Å². The molecule has 0 saturated heterocycles. The normalized spacial score (nSPS) is 13.9. The highest BCUT2D eigenvalue weighted by Gasteiger charge is 2.04. The van der Waals surface area contributed by atoms with Crippen molar-refractivity contribution in [2.24, 2.45) is 16.8 Å². The molecule has 0 amide bonds. The molecule has 0 aliphatic rings. The SMILES string of the molecule is CCSCC(C)C(C)=NNC(N)=S. The Bertz CT molecular complexity index is 192. The fraction of sp³-hybridized carbons (Fsp3) is 0.750. The van der Waals surface area contributed by atoms with E-state index in [4.69, 9.17) is 5.73 Å². The van der Waals surface area contributed by atoms with Crippen molar-refractivity contribution in [3.05, 3.63) is 0 Å². The van der Waals surface area contributed by atoms with Crippen LogP contribution in [0.25, 0.3) is 0 Å². The zero-order valence-electron chi connectivity index (χ0n) is 8.33. The van der Waals surface area contributed by atoms with Crippen LogP contribution in [0.1, 0.15) is 20.8 Å². The third-order valence-electron chi connectivity index (χ3n) is 1.63. The smallest absolute Gasteiger partial charge is 0.184 e. The minimum absolute atomic E-state index is 0.217. The number of nitrogens with zero attached hydrogens (tertiary/aromatic N) is 1. The molecule has 1 unspecified atom stereocenters. The molecule has 0 aliphatic carbocycles. The summed E-state index contributed by atoms with van der Waals surface area (Å²) in [4.78, 5) is 0. The van der Waals surface area contributed by atoms with Crippen molar-refractivity contribution >= 4 is 34.8 Å². The summed E-state index contributed by atoms with van der Waals surface area (Å²) < 4.78 is 0. The highest BCUT2D eigenvalue weighted by atomic mass is 32.2. The summed E-state index contributed by atoms with van der Waals surface area (Å²) >= 11 is 6.55. The predicted octanol–water partition coefficient (Wildman–Crippen LogP) is 1.58. The van der Waals surface area contributed by atoms with E-state index in [0.717, 1.165) is 17.2 Å². The summed E-state index contributed by atoms with van der Waals surface area (Å²) in [6.07, 6.45) is 0. The molecule has 1 atom stereocenters. The van der Waals surface area contributed by atoms with E-state index in [1.54, 1.807) is 0 Å². The average molecular weight is 219 g/mol. The van der Waals surface area contributed by atoms with Gasteiger partial charge in [-0.3, -0.25) is 5.43 Å². The van der Waals surface area contributed by atoms with E-state index in [2.05, 4.69) is 36.6 Å². The summed E-state index contributed by atoms with van der Waals surface area (Å²) in [5.74, 6) is 2.69. The van der Waals surface area contributed by atoms with Gasteiger partial charge < -0.3 is 5.73 Å². The van der Waals surface area contributed by atoms with Gasteiger partial charge in [0.1, 0.15) is 0 Å². The van der Waals surface area contributed by atoms with Gasteiger partial charge in [0.2, 0.25) is 0 Å². The maximum atomic E-state index is 5.25. The topological polar surface area (TPSA) is 50.4 Å². The van der Waals surface area contributed by atoms with Gasteiger partial charge >= 0.3 is 0 Å². The van der Waals surface area contributed by atoms with Crippen molar-refractivity contribution in [2.75, 3.05) is 11.5 Å². The second kappa shape index (κ2) is 7.15. The van der Waals surface area contributed by atoms with E-state index in [0.29, 0.717) is 5.92 Å². The number of hydrogen-bond donors (Lipinski definition) is 2. The first-order valence-corrected chi connectivity index (χ1v) is 5.81. The maximum absolute atomic E-state index is 5.25. The van der Waals surface area contributed by atoms with Crippen LogP contribution < -0.4 is 11.2 Å². The Balaban J connectivity index is 3.85. The van der Waals surface area contributed by atoms with Crippen molar-refractivity contribution in [3.8, 4) is 0 Å². The van der Waals surface area contributed by atoms with Crippen LogP contribution in [0.2, 0.25) is 0 Å². The van der Waals surface area contributed by atoms with Gasteiger partial charge in [-0.25, -0.2) is 0 Å². The zero-order chi connectivity index (χ0) is 10.3. The zero-order valence-corrected chi connectivity index (χ0v) is 9.97. The highest BCUT2D eigenvalue weighted by molar-refractivity contribution is 7.99. The standard InChI is InChI=1S/C8H17N3S2/c1-4-13-5-6(2)7(3)10-11-8(9)12/h6H,4-5H2,1-3H3,(H3,9,11,12). The Kier molecular flexibility index (Phi) is 6.99. The van der Waals surface area contributed by atoms with Crippen molar-refractivity contribution in [1.29, 1.82) is 0 Å². The van der Waals surface area contributed by atoms with Gasteiger partial charge in [-0.15, -0.1) is 0 Å². The van der Waals surface area contributed by atoms with Gasteiger partial charge in [-0.05, 0) is 24.9 Å². The number of hydrogen-bond acceptors (Lipinski definition) is 3. The van der Waals surface area contributed by atoms with Crippen LogP contribution in [-0.2, 0) is 0 Å². The van der Waals surface area contributed by atoms with Crippen molar-refractivity contribution in [1.82, 2.24) is 5.43 Å². The third-order valence-corrected chi connectivity index (χ3v) is 2.86. The second-order valence-electron chi connectivity index (χ2n) is 2.79. The van der Waals surface area contributed by atoms with Gasteiger partial charge in [0.15, 0.2) is 5.11 Å². The highest BCUT2D eigenvalue weighted by Crippen LogP contribution is 2.08. The van der Waals surface area contributed by atoms with Gasteiger partial charge in [0.05, 0.1) is 0 Å². The van der Waals surface area contributed by atoms with E-state index in [1.807, 2.05) is 18.7 Å². The fourth-order valence-corrected chi connectivity index (χ4v) is 1.54. The molecular formula is C8H17N3S2. The molecule has 13 heavy (non-hydrogen) atoms. The first kappa shape index (κ1) is 12.7. The number of thiocarbonyl (C=S) groups is 1. The monoisotopic (exact) mass is 219 g/mol. The first-order valence-electron chi connectivity index (χ1n) is 4.25. The van der Waals surface area contributed by atoms with Crippen LogP contribution in [0.3, 0.4) is 0 Å². The van der Waals surface area contributed by atoms with Gasteiger partial charge in [0.25, 0.3) is 0 Å². The molecular weight excluding hydrogens is 202 g/mol. The molecule has 0 spiro atoms. The Morgan fingerprint density at radius 3 is 2.77 bits per heavy atom. The molecule has 0 aromatic rings. The fourth-order valence-electron chi connectivity index (χ4n) is 0.669. The van der Waals surface area contributed by atoms with Gasteiger partial charge in [-0.1, -0.05) is 13.8 Å². The molecule has 0 heterocycles. The lowest BCUT2D eigenvalue weighted by molar-refractivity contribution is 0.866. The van der Waals surface area contributed by atoms with Crippen LogP contribution in [0, 0.1) is 5.92 Å². The van der Waals surface area contributed by atoms with Crippen molar-refractivity contribution < 1.29 is 0 Å². The Hall–Kier alpha value is -0.290. The van der Waals surface area contributed by atoms with Gasteiger partial charge in [0, 0.05) is 17.4 Å². The van der Waals surface area contributed by atoms with Crippen LogP contribution in [0.4, 0.5) is 0 Å². The molecule has 0 radical (unpaired) electrons. The summed E-state index contributed by atoms with van der Waals surface area (Å²) in [6, 6.07) is 0. The quantitative estimate of drug-likeness (QED) is 0.419. The molecule has 0 saturated carbocycles. The van der Waals surface area contributed by atoms with Crippen LogP contribution in [0.15, 0.2) is 5.10 Å². The molecule has 5 heteroatoms. The van der Waals surface area contributed by atoms with E-state index < -0.39 is 0 Å². The minimum Gasteiger partial charge on any atom is -0.375 e. The Labute approximate surface area is 89.5 Å². The molecule has 0 aromatic heterocycles. The molecule has 0 aromatic carbocycles. The number of thioether (sulfide) groups is 1. The average Bonchev–Trinajstić information content (AvgIpc) is 2.10. The summed E-state index contributed by atoms with van der Waals surface area (Å²) in [7, 11) is 0. The molecule has 0 bridgehead atoms. The molecule has 0 rings (SSSR count). The second-order valence-corrected chi connectivity index (χ2v) is 4.55. The van der Waals surface area contributed by atoms with Crippen LogP contribution in [0.5, 0.6) is 0 Å². The van der Waals surface area contributed by atoms with E-state index in [-0.39, 0.29) is 5.11 Å². The van der Waals surface area contributed by atoms with Crippen molar-refractivity contribution in [3.63, 3.8) is 0 Å². The molecule has 0 fully saturated rings. The summed E-state index contributed by atoms with van der Waals surface area (Å²) in [5.41, 5.74) is 8.88. The Morgan fingerprint density at radius 2 is 2.31 bits per heavy atom. The number of rotatable bonds is 5.